The molecule has 3 aromatic heterocycles. The fraction of sp³-hybridized carbons (Fsp3) is 0.0577. The van der Waals surface area contributed by atoms with E-state index in [1.165, 1.54) is 33.0 Å². The fourth-order valence-electron chi connectivity index (χ4n) is 9.10. The van der Waals surface area contributed by atoms with Gasteiger partial charge in [0.2, 0.25) is 0 Å². The second kappa shape index (κ2) is 12.6. The molecule has 8 aromatic carbocycles. The van der Waals surface area contributed by atoms with Crippen LogP contribution in [0.1, 0.15) is 29.0 Å². The Morgan fingerprint density at radius 2 is 1.05 bits per heavy atom. The molecule has 0 saturated heterocycles. The summed E-state index contributed by atoms with van der Waals surface area (Å²) in [5, 5.41) is 6.84. The van der Waals surface area contributed by atoms with Crippen molar-refractivity contribution in [3.05, 3.63) is 187 Å². The van der Waals surface area contributed by atoms with Crippen LogP contribution in [-0.2, 0) is 6.42 Å². The minimum atomic E-state index is -0.0109. The molecule has 268 valence electrons. The molecule has 57 heavy (non-hydrogen) atoms. The minimum absolute atomic E-state index is 0.0109. The molecule has 0 bridgehead atoms. The highest BCUT2D eigenvalue weighted by Gasteiger charge is 2.30. The molecule has 0 aliphatic heterocycles. The molecule has 0 amide bonds. The van der Waals surface area contributed by atoms with Crippen molar-refractivity contribution in [1.29, 1.82) is 0 Å². The highest BCUT2D eigenvalue weighted by Crippen LogP contribution is 2.48. The Morgan fingerprint density at radius 3 is 1.89 bits per heavy atom. The average molecular weight is 732 g/mol. The summed E-state index contributed by atoms with van der Waals surface area (Å²) in [6, 6.07) is 59.6. The SMILES string of the molecule is c1ccc(-c2nc(-c3ccc4c(c3)oc3ccccc34)nc(-c3ccc4c(oc5ccccc54)c3C3CCc4cc5ccccc5cc4-c4ccccc43)n2)cc1. The number of nitrogens with zero attached hydrogens (tertiary/aromatic N) is 3. The first kappa shape index (κ1) is 31.9. The number of aromatic nitrogens is 3. The fourth-order valence-corrected chi connectivity index (χ4v) is 9.10. The molecule has 1 unspecified atom stereocenters. The van der Waals surface area contributed by atoms with Crippen LogP contribution >= 0.6 is 0 Å². The van der Waals surface area contributed by atoms with E-state index in [2.05, 4.69) is 127 Å². The zero-order valence-electron chi connectivity index (χ0n) is 30.8. The van der Waals surface area contributed by atoms with Gasteiger partial charge in [-0.05, 0) is 88.3 Å². The molecule has 5 nitrogen and oxygen atoms in total. The molecule has 0 spiro atoms. The van der Waals surface area contributed by atoms with E-state index in [1.807, 2.05) is 42.5 Å². The highest BCUT2D eigenvalue weighted by molar-refractivity contribution is 6.08. The first-order valence-electron chi connectivity index (χ1n) is 19.5. The third-order valence-electron chi connectivity index (χ3n) is 11.8. The summed E-state index contributed by atoms with van der Waals surface area (Å²) in [4.78, 5) is 15.7. The van der Waals surface area contributed by atoms with Crippen LogP contribution in [0.3, 0.4) is 0 Å². The maximum Gasteiger partial charge on any atom is 0.164 e. The van der Waals surface area contributed by atoms with Crippen molar-refractivity contribution < 1.29 is 8.83 Å². The summed E-state index contributed by atoms with van der Waals surface area (Å²) >= 11 is 0. The molecule has 0 radical (unpaired) electrons. The van der Waals surface area contributed by atoms with Gasteiger partial charge in [-0.25, -0.2) is 15.0 Å². The molecule has 12 rings (SSSR count). The van der Waals surface area contributed by atoms with Gasteiger partial charge in [0.15, 0.2) is 17.5 Å². The third-order valence-corrected chi connectivity index (χ3v) is 11.8. The van der Waals surface area contributed by atoms with Gasteiger partial charge >= 0.3 is 0 Å². The molecule has 0 fully saturated rings. The topological polar surface area (TPSA) is 65.0 Å². The van der Waals surface area contributed by atoms with Crippen LogP contribution in [-0.4, -0.2) is 15.0 Å². The summed E-state index contributed by atoms with van der Waals surface area (Å²) in [5.41, 5.74) is 12.4. The van der Waals surface area contributed by atoms with Gasteiger partial charge < -0.3 is 8.83 Å². The number of benzene rings is 8. The lowest BCUT2D eigenvalue weighted by atomic mass is 9.82. The third kappa shape index (κ3) is 5.13. The number of rotatable bonds is 4. The monoisotopic (exact) mass is 731 g/mol. The quantitative estimate of drug-likeness (QED) is 0.180. The number of furan rings is 2. The van der Waals surface area contributed by atoms with Crippen LogP contribution in [0.5, 0.6) is 0 Å². The van der Waals surface area contributed by atoms with E-state index >= 15 is 0 Å². The van der Waals surface area contributed by atoms with Gasteiger partial charge in [-0.2, -0.15) is 0 Å². The summed E-state index contributed by atoms with van der Waals surface area (Å²) in [6.45, 7) is 0. The van der Waals surface area contributed by atoms with Crippen molar-refractivity contribution in [1.82, 2.24) is 15.0 Å². The minimum Gasteiger partial charge on any atom is -0.456 e. The van der Waals surface area contributed by atoms with Crippen molar-refractivity contribution >= 4 is 54.6 Å². The molecule has 1 aliphatic rings. The second-order valence-corrected chi connectivity index (χ2v) is 15.0. The van der Waals surface area contributed by atoms with Crippen LogP contribution in [0.15, 0.2) is 179 Å². The molecule has 1 aliphatic carbocycles. The molecule has 0 saturated carbocycles. The maximum atomic E-state index is 6.92. The Labute approximate surface area is 327 Å². The highest BCUT2D eigenvalue weighted by atomic mass is 16.3. The van der Waals surface area contributed by atoms with Gasteiger partial charge in [-0.15, -0.1) is 0 Å². The molecule has 0 N–H and O–H groups in total. The van der Waals surface area contributed by atoms with Crippen LogP contribution in [0.2, 0.25) is 0 Å². The van der Waals surface area contributed by atoms with E-state index in [1.54, 1.807) is 0 Å². The van der Waals surface area contributed by atoms with Gasteiger partial charge in [-0.3, -0.25) is 0 Å². The molecule has 1 atom stereocenters. The Morgan fingerprint density at radius 1 is 0.421 bits per heavy atom. The molecular formula is C52H33N3O2. The Kier molecular flexibility index (Phi) is 7.05. The standard InChI is InChI=1S/C52H33N3O2/c1-2-12-31(13-3-1)50-53-51(35-23-24-40-38-18-8-10-20-45(38)56-47(40)30-35)55-52(54-50)43-27-26-42-39-19-9-11-21-46(39)57-49(42)48(43)41-25-22-34-28-32-14-4-5-15-33(32)29-44(34)37-17-7-6-16-36(37)41/h1-21,23-24,26-30,41H,22,25H2. The zero-order valence-corrected chi connectivity index (χ0v) is 30.8. The number of fused-ring (bicyclic) bond motifs is 10. The first-order chi connectivity index (χ1) is 28.2. The normalized spacial score (nSPS) is 14.0. The van der Waals surface area contributed by atoms with Crippen molar-refractivity contribution in [2.45, 2.75) is 18.8 Å². The van der Waals surface area contributed by atoms with E-state index in [-0.39, 0.29) is 5.92 Å². The summed E-state index contributed by atoms with van der Waals surface area (Å²) < 4.78 is 13.3. The average Bonchev–Trinajstić information content (AvgIpc) is 3.80. The van der Waals surface area contributed by atoms with Gasteiger partial charge in [0.1, 0.15) is 22.3 Å². The van der Waals surface area contributed by atoms with Crippen molar-refractivity contribution in [2.24, 2.45) is 0 Å². The number of aryl methyl sites for hydroxylation is 1. The Balaban J connectivity index is 1.12. The Hall–Kier alpha value is -7.37. The smallest absolute Gasteiger partial charge is 0.164 e. The van der Waals surface area contributed by atoms with Crippen LogP contribution in [0, 0.1) is 0 Å². The van der Waals surface area contributed by atoms with Gasteiger partial charge in [0.25, 0.3) is 0 Å². The predicted octanol–water partition coefficient (Wildman–Crippen LogP) is 13.6. The van der Waals surface area contributed by atoms with E-state index in [0.717, 1.165) is 79.0 Å². The van der Waals surface area contributed by atoms with E-state index < -0.39 is 0 Å². The Bertz CT molecular complexity index is 3380. The second-order valence-electron chi connectivity index (χ2n) is 15.0. The number of hydrogen-bond donors (Lipinski definition) is 0. The number of hydrogen-bond acceptors (Lipinski definition) is 5. The molecular weight excluding hydrogens is 699 g/mol. The summed E-state index contributed by atoms with van der Waals surface area (Å²) in [5.74, 6) is 1.78. The molecule has 5 heteroatoms. The lowest BCUT2D eigenvalue weighted by molar-refractivity contribution is 0.647. The van der Waals surface area contributed by atoms with Gasteiger partial charge in [0, 0.05) is 49.7 Å². The lowest BCUT2D eigenvalue weighted by Gasteiger charge is -2.22. The molecule has 11 aromatic rings. The zero-order chi connectivity index (χ0) is 37.5. The van der Waals surface area contributed by atoms with E-state index in [9.17, 15) is 0 Å². The van der Waals surface area contributed by atoms with Crippen LogP contribution < -0.4 is 0 Å². The summed E-state index contributed by atoms with van der Waals surface area (Å²) in [7, 11) is 0. The predicted molar refractivity (Wildman–Crippen MR) is 230 cm³/mol. The van der Waals surface area contributed by atoms with Crippen molar-refractivity contribution in [2.75, 3.05) is 0 Å². The van der Waals surface area contributed by atoms with Crippen LogP contribution in [0.25, 0.3) is 99.9 Å². The van der Waals surface area contributed by atoms with E-state index in [0.29, 0.717) is 17.5 Å². The van der Waals surface area contributed by atoms with Crippen molar-refractivity contribution in [3.8, 4) is 45.3 Å². The number of para-hydroxylation sites is 2. The van der Waals surface area contributed by atoms with Gasteiger partial charge in [0.05, 0.1) is 0 Å². The van der Waals surface area contributed by atoms with Crippen molar-refractivity contribution in [3.63, 3.8) is 0 Å². The first-order valence-corrected chi connectivity index (χ1v) is 19.5. The summed E-state index contributed by atoms with van der Waals surface area (Å²) in [6.07, 6.45) is 1.79. The van der Waals surface area contributed by atoms with Gasteiger partial charge in [-0.1, -0.05) is 127 Å². The van der Waals surface area contributed by atoms with Crippen LogP contribution in [0.4, 0.5) is 0 Å². The molecule has 3 heterocycles. The lowest BCUT2D eigenvalue weighted by Crippen LogP contribution is -2.07. The largest absolute Gasteiger partial charge is 0.456 e. The van der Waals surface area contributed by atoms with E-state index in [4.69, 9.17) is 23.8 Å². The maximum absolute atomic E-state index is 6.92.